The van der Waals surface area contributed by atoms with E-state index in [0.29, 0.717) is 6.04 Å². The van der Waals surface area contributed by atoms with Crippen LogP contribution in [0.15, 0.2) is 36.4 Å². The number of aryl methyl sites for hydroxylation is 1. The van der Waals surface area contributed by atoms with Gasteiger partial charge in [0.1, 0.15) is 0 Å². The lowest BCUT2D eigenvalue weighted by molar-refractivity contribution is 0.500. The Hall–Kier alpha value is -0.830. The summed E-state index contributed by atoms with van der Waals surface area (Å²) >= 11 is 8.06. The predicted octanol–water partition coefficient (Wildman–Crippen LogP) is 5.12. The number of nitrogens with one attached hydrogen (secondary N) is 1. The van der Waals surface area contributed by atoms with Crippen molar-refractivity contribution >= 4 is 22.9 Å². The Morgan fingerprint density at radius 3 is 2.39 bits per heavy atom. The molecule has 0 saturated heterocycles. The molecule has 0 aliphatic heterocycles. The van der Waals surface area contributed by atoms with Crippen LogP contribution in [0.25, 0.3) is 0 Å². The Bertz CT molecular complexity index is 521. The number of rotatable bonds is 4. The zero-order valence-electron chi connectivity index (χ0n) is 10.9. The first-order valence-corrected chi connectivity index (χ1v) is 7.34. The minimum absolute atomic E-state index is 0.246. The van der Waals surface area contributed by atoms with Crippen LogP contribution in [0.2, 0.25) is 5.02 Å². The van der Waals surface area contributed by atoms with Crippen LogP contribution in [-0.4, -0.2) is 0 Å². The molecule has 1 aromatic heterocycles. The van der Waals surface area contributed by atoms with Crippen LogP contribution in [0.4, 0.5) is 0 Å². The van der Waals surface area contributed by atoms with Crippen LogP contribution in [0.3, 0.4) is 0 Å². The molecule has 1 aromatic carbocycles. The Labute approximate surface area is 118 Å². The van der Waals surface area contributed by atoms with E-state index in [0.717, 1.165) is 10.6 Å². The summed E-state index contributed by atoms with van der Waals surface area (Å²) in [5.41, 5.74) is 1.15. The van der Waals surface area contributed by atoms with E-state index in [1.165, 1.54) is 9.75 Å². The molecule has 1 heterocycles. The van der Waals surface area contributed by atoms with Crippen LogP contribution in [0.1, 0.15) is 41.2 Å². The second kappa shape index (κ2) is 5.87. The van der Waals surface area contributed by atoms with Crippen molar-refractivity contribution in [1.82, 2.24) is 5.32 Å². The zero-order valence-corrected chi connectivity index (χ0v) is 12.5. The fourth-order valence-corrected chi connectivity index (χ4v) is 3.25. The third-order valence-electron chi connectivity index (χ3n) is 3.06. The van der Waals surface area contributed by atoms with E-state index in [9.17, 15) is 0 Å². The molecular weight excluding hydrogens is 262 g/mol. The van der Waals surface area contributed by atoms with Gasteiger partial charge in [-0.15, -0.1) is 11.3 Å². The monoisotopic (exact) mass is 279 g/mol. The molecule has 2 aromatic rings. The van der Waals surface area contributed by atoms with E-state index < -0.39 is 0 Å². The molecule has 0 aliphatic rings. The lowest BCUT2D eigenvalue weighted by Gasteiger charge is -2.20. The zero-order chi connectivity index (χ0) is 13.1. The first-order valence-electron chi connectivity index (χ1n) is 6.14. The maximum absolute atomic E-state index is 6.22. The predicted molar refractivity (Wildman–Crippen MR) is 80.5 cm³/mol. The smallest absolute Gasteiger partial charge is 0.0453 e. The fraction of sp³-hybridized carbons (Fsp3) is 0.333. The molecule has 0 saturated carbocycles. The molecule has 18 heavy (non-hydrogen) atoms. The molecule has 0 amide bonds. The van der Waals surface area contributed by atoms with Gasteiger partial charge in [0.15, 0.2) is 0 Å². The summed E-state index contributed by atoms with van der Waals surface area (Å²) in [6, 6.07) is 13.0. The van der Waals surface area contributed by atoms with Crippen molar-refractivity contribution in [3.63, 3.8) is 0 Å². The largest absolute Gasteiger partial charge is 0.303 e. The van der Waals surface area contributed by atoms with E-state index in [-0.39, 0.29) is 6.04 Å². The van der Waals surface area contributed by atoms with Gasteiger partial charge in [0.05, 0.1) is 0 Å². The normalized spacial score (nSPS) is 14.4. The Morgan fingerprint density at radius 2 is 1.78 bits per heavy atom. The highest BCUT2D eigenvalue weighted by molar-refractivity contribution is 7.12. The second-order valence-corrected chi connectivity index (χ2v) is 6.31. The molecule has 3 heteroatoms. The number of thiophene rings is 1. The number of hydrogen-bond acceptors (Lipinski definition) is 2. The van der Waals surface area contributed by atoms with Gasteiger partial charge in [0.2, 0.25) is 0 Å². The third-order valence-corrected chi connectivity index (χ3v) is 4.59. The molecule has 0 spiro atoms. The fourth-order valence-electron chi connectivity index (χ4n) is 2.06. The molecule has 0 radical (unpaired) electrons. The van der Waals surface area contributed by atoms with Crippen LogP contribution >= 0.6 is 22.9 Å². The van der Waals surface area contributed by atoms with Crippen LogP contribution < -0.4 is 5.32 Å². The first-order chi connectivity index (χ1) is 8.58. The molecule has 0 fully saturated rings. The molecule has 1 unspecified atom stereocenters. The van der Waals surface area contributed by atoms with Gasteiger partial charge in [-0.05, 0) is 44.5 Å². The molecule has 0 aliphatic carbocycles. The van der Waals surface area contributed by atoms with Gasteiger partial charge in [-0.1, -0.05) is 29.8 Å². The van der Waals surface area contributed by atoms with Crippen molar-refractivity contribution in [2.45, 2.75) is 32.9 Å². The standard InChI is InChI=1S/C15H18ClNS/c1-10-8-9-15(18-10)12(3)17-11(2)13-6-4-5-7-14(13)16/h4-9,11-12,17H,1-3H3/t11-,12?/m0/s1. The van der Waals surface area contributed by atoms with E-state index in [1.54, 1.807) is 0 Å². The van der Waals surface area contributed by atoms with Crippen molar-refractivity contribution in [2.24, 2.45) is 0 Å². The Balaban J connectivity index is 2.08. The average Bonchev–Trinajstić information content (AvgIpc) is 2.76. The van der Waals surface area contributed by atoms with Crippen molar-refractivity contribution in [2.75, 3.05) is 0 Å². The van der Waals surface area contributed by atoms with E-state index in [4.69, 9.17) is 11.6 Å². The molecular formula is C15H18ClNS. The summed E-state index contributed by atoms with van der Waals surface area (Å²) in [6.45, 7) is 6.48. The summed E-state index contributed by atoms with van der Waals surface area (Å²) in [5, 5.41) is 4.42. The van der Waals surface area contributed by atoms with Gasteiger partial charge in [-0.25, -0.2) is 0 Å². The number of benzene rings is 1. The van der Waals surface area contributed by atoms with E-state index in [2.05, 4.69) is 44.3 Å². The summed E-state index contributed by atoms with van der Waals surface area (Å²) in [5.74, 6) is 0. The van der Waals surface area contributed by atoms with Gasteiger partial charge in [-0.2, -0.15) is 0 Å². The van der Waals surface area contributed by atoms with Gasteiger partial charge in [0, 0.05) is 26.9 Å². The first kappa shape index (κ1) is 13.6. The maximum atomic E-state index is 6.22. The minimum Gasteiger partial charge on any atom is -0.303 e. The number of hydrogen-bond donors (Lipinski definition) is 1. The Morgan fingerprint density at radius 1 is 1.06 bits per heavy atom. The third kappa shape index (κ3) is 3.14. The average molecular weight is 280 g/mol. The van der Waals surface area contributed by atoms with E-state index in [1.807, 2.05) is 29.5 Å². The molecule has 1 nitrogen and oxygen atoms in total. The topological polar surface area (TPSA) is 12.0 Å². The van der Waals surface area contributed by atoms with Crippen molar-refractivity contribution in [1.29, 1.82) is 0 Å². The highest BCUT2D eigenvalue weighted by Gasteiger charge is 2.14. The van der Waals surface area contributed by atoms with Gasteiger partial charge in [-0.3, -0.25) is 0 Å². The van der Waals surface area contributed by atoms with Crippen molar-refractivity contribution in [3.8, 4) is 0 Å². The van der Waals surface area contributed by atoms with Crippen LogP contribution in [0.5, 0.6) is 0 Å². The lowest BCUT2D eigenvalue weighted by Crippen LogP contribution is -2.22. The molecule has 96 valence electrons. The maximum Gasteiger partial charge on any atom is 0.0453 e. The van der Waals surface area contributed by atoms with Crippen LogP contribution in [0, 0.1) is 6.92 Å². The summed E-state index contributed by atoms with van der Waals surface area (Å²) < 4.78 is 0. The Kier molecular flexibility index (Phi) is 4.44. The van der Waals surface area contributed by atoms with E-state index >= 15 is 0 Å². The quantitative estimate of drug-likeness (QED) is 0.819. The highest BCUT2D eigenvalue weighted by Crippen LogP contribution is 2.27. The van der Waals surface area contributed by atoms with Gasteiger partial charge in [0.25, 0.3) is 0 Å². The molecule has 2 atom stereocenters. The number of halogens is 1. The lowest BCUT2D eigenvalue weighted by atomic mass is 10.1. The molecule has 0 bridgehead atoms. The van der Waals surface area contributed by atoms with Gasteiger partial charge < -0.3 is 5.32 Å². The minimum atomic E-state index is 0.246. The SMILES string of the molecule is Cc1ccc(C(C)N[C@@H](C)c2ccccc2Cl)s1. The van der Waals surface area contributed by atoms with Gasteiger partial charge >= 0.3 is 0 Å². The summed E-state index contributed by atoms with van der Waals surface area (Å²) in [4.78, 5) is 2.72. The highest BCUT2D eigenvalue weighted by atomic mass is 35.5. The van der Waals surface area contributed by atoms with Crippen molar-refractivity contribution in [3.05, 3.63) is 56.7 Å². The summed E-state index contributed by atoms with van der Waals surface area (Å²) in [6.07, 6.45) is 0. The molecule has 2 rings (SSSR count). The second-order valence-electron chi connectivity index (χ2n) is 4.58. The van der Waals surface area contributed by atoms with Crippen LogP contribution in [-0.2, 0) is 0 Å². The van der Waals surface area contributed by atoms with Crippen molar-refractivity contribution < 1.29 is 0 Å². The molecule has 1 N–H and O–H groups in total. The summed E-state index contributed by atoms with van der Waals surface area (Å²) in [7, 11) is 0.